The molecule has 1 saturated heterocycles. The van der Waals surface area contributed by atoms with Crippen molar-refractivity contribution < 1.29 is 9.59 Å². The van der Waals surface area contributed by atoms with Gasteiger partial charge in [0.1, 0.15) is 5.01 Å². The number of carbonyl (C=O) groups is 2. The summed E-state index contributed by atoms with van der Waals surface area (Å²) < 4.78 is 0. The number of amides is 2. The predicted octanol–water partition coefficient (Wildman–Crippen LogP) is 1.72. The molecule has 1 aliphatic rings. The highest BCUT2D eigenvalue weighted by molar-refractivity contribution is 7.13. The van der Waals surface area contributed by atoms with E-state index in [0.29, 0.717) is 22.8 Å². The van der Waals surface area contributed by atoms with E-state index in [1.807, 2.05) is 0 Å². The fourth-order valence-electron chi connectivity index (χ4n) is 3.08. The van der Waals surface area contributed by atoms with Crippen LogP contribution in [0, 0.1) is 0 Å². The zero-order valence-electron chi connectivity index (χ0n) is 17.0. The van der Waals surface area contributed by atoms with Crippen LogP contribution in [0.3, 0.4) is 0 Å². The Labute approximate surface area is 175 Å². The lowest BCUT2D eigenvalue weighted by Gasteiger charge is -2.32. The van der Waals surface area contributed by atoms with Crippen molar-refractivity contribution in [1.82, 2.24) is 25.3 Å². The molecule has 0 aliphatic carbocycles. The van der Waals surface area contributed by atoms with Crippen molar-refractivity contribution in [2.45, 2.75) is 19.8 Å². The van der Waals surface area contributed by atoms with Crippen molar-refractivity contribution in [2.75, 3.05) is 51.6 Å². The lowest BCUT2D eigenvalue weighted by atomic mass is 10.2. The minimum absolute atomic E-state index is 0.142. The van der Waals surface area contributed by atoms with E-state index in [-0.39, 0.29) is 11.8 Å². The fraction of sp³-hybridized carbons (Fsp3) is 0.500. The third-order valence-electron chi connectivity index (χ3n) is 4.82. The van der Waals surface area contributed by atoms with Gasteiger partial charge in [-0.2, -0.15) is 0 Å². The first-order valence-electron chi connectivity index (χ1n) is 9.98. The second-order valence-electron chi connectivity index (χ2n) is 7.19. The molecule has 2 amide bonds. The minimum Gasteiger partial charge on any atom is -0.351 e. The van der Waals surface area contributed by atoms with E-state index in [1.165, 1.54) is 11.3 Å². The lowest BCUT2D eigenvalue weighted by molar-refractivity contribution is 0.0940. The number of hydrogen-bond donors (Lipinski definition) is 2. The maximum Gasteiger partial charge on any atom is 0.286 e. The Kier molecular flexibility index (Phi) is 7.68. The molecule has 1 aromatic carbocycles. The van der Waals surface area contributed by atoms with Crippen LogP contribution < -0.4 is 10.6 Å². The van der Waals surface area contributed by atoms with Crippen LogP contribution in [0.15, 0.2) is 24.3 Å². The van der Waals surface area contributed by atoms with Crippen LogP contribution in [-0.2, 0) is 6.42 Å². The van der Waals surface area contributed by atoms with Crippen molar-refractivity contribution >= 4 is 28.8 Å². The highest BCUT2D eigenvalue weighted by Gasteiger charge is 2.15. The Balaban J connectivity index is 1.50. The Morgan fingerprint density at radius 1 is 1.14 bits per heavy atom. The van der Waals surface area contributed by atoms with E-state index in [0.717, 1.165) is 50.6 Å². The number of piperazine rings is 1. The summed E-state index contributed by atoms with van der Waals surface area (Å²) in [6, 6.07) is 6.93. The lowest BCUT2D eigenvalue weighted by Crippen LogP contribution is -2.46. The second kappa shape index (κ2) is 10.4. The number of nitrogens with one attached hydrogen (secondary N) is 2. The van der Waals surface area contributed by atoms with Crippen molar-refractivity contribution in [2.24, 2.45) is 0 Å². The summed E-state index contributed by atoms with van der Waals surface area (Å²) in [5.41, 5.74) is 1.08. The second-order valence-corrected chi connectivity index (χ2v) is 8.25. The monoisotopic (exact) mass is 416 g/mol. The molecule has 2 aromatic rings. The predicted molar refractivity (Wildman–Crippen MR) is 115 cm³/mol. The first-order valence-corrected chi connectivity index (χ1v) is 10.8. The number of hydrogen-bond acceptors (Lipinski definition) is 7. The summed E-state index contributed by atoms with van der Waals surface area (Å²) in [6.45, 7) is 7.67. The Morgan fingerprint density at radius 2 is 1.93 bits per heavy atom. The molecular weight excluding hydrogens is 388 g/mol. The van der Waals surface area contributed by atoms with Gasteiger partial charge in [0.05, 0.1) is 0 Å². The quantitative estimate of drug-likeness (QED) is 0.681. The molecule has 0 unspecified atom stereocenters. The van der Waals surface area contributed by atoms with Crippen LogP contribution in [0.25, 0.3) is 0 Å². The molecule has 2 N–H and O–H groups in total. The number of carbonyl (C=O) groups excluding carboxylic acids is 2. The van der Waals surface area contributed by atoms with Crippen LogP contribution in [0.2, 0.25) is 0 Å². The molecule has 3 rings (SSSR count). The van der Waals surface area contributed by atoms with Gasteiger partial charge in [-0.05, 0) is 31.7 Å². The standard InChI is InChI=1S/C20H28N6O2S/c1-3-5-17-23-24-20(29-17)19(28)22-16-7-4-6-15(14-16)18(27)21-8-9-26-12-10-25(2)11-13-26/h4,6-7,14H,3,5,8-13H2,1-2H3,(H,21,27)(H,22,28). The molecule has 0 radical (unpaired) electrons. The van der Waals surface area contributed by atoms with Crippen LogP contribution >= 0.6 is 11.3 Å². The number of anilines is 1. The SMILES string of the molecule is CCCc1nnc(C(=O)Nc2cccc(C(=O)NCCN3CCN(C)CC3)c2)s1. The molecule has 1 aromatic heterocycles. The molecule has 1 fully saturated rings. The number of aryl methyl sites for hydroxylation is 1. The van der Waals surface area contributed by atoms with Crippen molar-refractivity contribution in [3.05, 3.63) is 39.8 Å². The topological polar surface area (TPSA) is 90.5 Å². The van der Waals surface area contributed by atoms with Gasteiger partial charge < -0.3 is 15.5 Å². The molecule has 29 heavy (non-hydrogen) atoms. The largest absolute Gasteiger partial charge is 0.351 e. The highest BCUT2D eigenvalue weighted by Crippen LogP contribution is 2.16. The van der Waals surface area contributed by atoms with Crippen molar-refractivity contribution in [3.8, 4) is 0 Å². The van der Waals surface area contributed by atoms with Crippen LogP contribution in [0.1, 0.15) is 38.5 Å². The number of aromatic nitrogens is 2. The molecule has 2 heterocycles. The average Bonchev–Trinajstić information content (AvgIpc) is 3.19. The highest BCUT2D eigenvalue weighted by atomic mass is 32.1. The summed E-state index contributed by atoms with van der Waals surface area (Å²) in [6.07, 6.45) is 1.77. The smallest absolute Gasteiger partial charge is 0.286 e. The van der Waals surface area contributed by atoms with Crippen LogP contribution in [-0.4, -0.2) is 78.1 Å². The van der Waals surface area contributed by atoms with E-state index in [4.69, 9.17) is 0 Å². The molecule has 156 valence electrons. The Bertz CT molecular complexity index is 832. The first kappa shape index (κ1) is 21.4. The van der Waals surface area contributed by atoms with Gasteiger partial charge in [0.15, 0.2) is 0 Å². The van der Waals surface area contributed by atoms with E-state index >= 15 is 0 Å². The Hall–Kier alpha value is -2.36. The van der Waals surface area contributed by atoms with Crippen molar-refractivity contribution in [1.29, 1.82) is 0 Å². The molecule has 0 spiro atoms. The number of benzene rings is 1. The van der Waals surface area contributed by atoms with Gasteiger partial charge in [-0.25, -0.2) is 0 Å². The summed E-state index contributed by atoms with van der Waals surface area (Å²) in [5, 5.41) is 14.9. The van der Waals surface area contributed by atoms with Gasteiger partial charge in [-0.15, -0.1) is 10.2 Å². The van der Waals surface area contributed by atoms with Gasteiger partial charge in [0.25, 0.3) is 11.8 Å². The molecule has 0 saturated carbocycles. The van der Waals surface area contributed by atoms with Gasteiger partial charge in [0.2, 0.25) is 5.01 Å². The molecule has 0 atom stereocenters. The molecule has 9 heteroatoms. The molecular formula is C20H28N6O2S. The normalized spacial score (nSPS) is 15.2. The Morgan fingerprint density at radius 3 is 2.69 bits per heavy atom. The van der Waals surface area contributed by atoms with Crippen molar-refractivity contribution in [3.63, 3.8) is 0 Å². The maximum absolute atomic E-state index is 12.5. The van der Waals surface area contributed by atoms with Crippen LogP contribution in [0.4, 0.5) is 5.69 Å². The molecule has 1 aliphatic heterocycles. The average molecular weight is 417 g/mol. The summed E-state index contributed by atoms with van der Waals surface area (Å²) >= 11 is 1.30. The third-order valence-corrected chi connectivity index (χ3v) is 5.80. The number of rotatable bonds is 8. The molecule has 0 bridgehead atoms. The van der Waals surface area contributed by atoms with Gasteiger partial charge >= 0.3 is 0 Å². The zero-order chi connectivity index (χ0) is 20.6. The third kappa shape index (κ3) is 6.31. The maximum atomic E-state index is 12.5. The number of nitrogens with zero attached hydrogens (tertiary/aromatic N) is 4. The van der Waals surface area contributed by atoms with Crippen LogP contribution in [0.5, 0.6) is 0 Å². The van der Waals surface area contributed by atoms with E-state index in [9.17, 15) is 9.59 Å². The van der Waals surface area contributed by atoms with Gasteiger partial charge in [-0.1, -0.05) is 24.3 Å². The summed E-state index contributed by atoms with van der Waals surface area (Å²) in [4.78, 5) is 29.5. The number of likely N-dealkylation sites (N-methyl/N-ethyl adjacent to an activating group) is 1. The van der Waals surface area contributed by atoms with E-state index in [1.54, 1.807) is 24.3 Å². The zero-order valence-corrected chi connectivity index (χ0v) is 17.8. The first-order chi connectivity index (χ1) is 14.0. The van der Waals surface area contributed by atoms with E-state index < -0.39 is 0 Å². The van der Waals surface area contributed by atoms with Gasteiger partial charge in [0, 0.05) is 56.9 Å². The molecule has 8 nitrogen and oxygen atoms in total. The minimum atomic E-state index is -0.308. The van der Waals surface area contributed by atoms with E-state index in [2.05, 4.69) is 44.6 Å². The summed E-state index contributed by atoms with van der Waals surface area (Å²) in [5.74, 6) is -0.450. The fourth-order valence-corrected chi connectivity index (χ4v) is 3.92. The van der Waals surface area contributed by atoms with Gasteiger partial charge in [-0.3, -0.25) is 14.5 Å². The summed E-state index contributed by atoms with van der Waals surface area (Å²) in [7, 11) is 2.13.